The fourth-order valence-corrected chi connectivity index (χ4v) is 4.24. The fourth-order valence-electron chi connectivity index (χ4n) is 3.67. The van der Waals surface area contributed by atoms with Crippen molar-refractivity contribution in [2.75, 3.05) is 0 Å². The summed E-state index contributed by atoms with van der Waals surface area (Å²) in [5.74, 6) is -0.426. The number of benzene rings is 3. The third kappa shape index (κ3) is 3.18. The topological polar surface area (TPSA) is 48.0 Å². The molecule has 136 valence electrons. The Morgan fingerprint density at radius 1 is 0.963 bits per heavy atom. The number of nitrogens with two attached hydrogens (primary N) is 1. The van der Waals surface area contributed by atoms with Crippen LogP contribution >= 0.6 is 23.2 Å². The molecule has 3 aromatic carbocycles. The Kier molecular flexibility index (Phi) is 4.58. The van der Waals surface area contributed by atoms with E-state index in [1.807, 2.05) is 24.3 Å². The zero-order valence-electron chi connectivity index (χ0n) is 14.8. The smallest absolute Gasteiger partial charge is 0.249 e. The summed E-state index contributed by atoms with van der Waals surface area (Å²) in [5.41, 5.74) is 10.4. The van der Waals surface area contributed by atoms with E-state index < -0.39 is 5.91 Å². The number of hydrogen-bond donors (Lipinski definition) is 1. The van der Waals surface area contributed by atoms with Crippen molar-refractivity contribution in [3.8, 4) is 0 Å². The molecule has 0 aliphatic rings. The molecule has 0 radical (unpaired) electrons. The first kappa shape index (κ1) is 17.9. The third-order valence-corrected chi connectivity index (χ3v) is 5.33. The van der Waals surface area contributed by atoms with Gasteiger partial charge in [-0.25, -0.2) is 0 Å². The number of halogens is 2. The molecule has 0 bridgehead atoms. The minimum Gasteiger partial charge on any atom is -0.366 e. The van der Waals surface area contributed by atoms with E-state index in [-0.39, 0.29) is 0 Å². The Bertz CT molecular complexity index is 1170. The molecule has 27 heavy (non-hydrogen) atoms. The predicted octanol–water partition coefficient (Wildman–Crippen LogP) is 5.81. The first-order chi connectivity index (χ1) is 13.0. The summed E-state index contributed by atoms with van der Waals surface area (Å²) in [6, 6.07) is 17.5. The van der Waals surface area contributed by atoms with Gasteiger partial charge in [0.05, 0.1) is 5.52 Å². The maximum atomic E-state index is 12.0. The highest BCUT2D eigenvalue weighted by Gasteiger charge is 2.17. The van der Waals surface area contributed by atoms with E-state index in [9.17, 15) is 4.79 Å². The molecule has 4 aromatic rings. The maximum absolute atomic E-state index is 12.0. The van der Waals surface area contributed by atoms with Gasteiger partial charge in [-0.15, -0.1) is 0 Å². The highest BCUT2D eigenvalue weighted by atomic mass is 35.5. The standard InChI is InChI=1S/C22H18Cl2N2O/c1-2-13-6-7-17-20(10-13)26(12-14-8-15(23)11-16(24)9-14)19-5-3-4-18(21(17)19)22(25)27/h3-11H,2,12H2,1H3,(H2,25,27). The van der Waals surface area contributed by atoms with Gasteiger partial charge in [0.15, 0.2) is 0 Å². The predicted molar refractivity (Wildman–Crippen MR) is 113 cm³/mol. The molecule has 2 N–H and O–H groups in total. The first-order valence-corrected chi connectivity index (χ1v) is 9.52. The lowest BCUT2D eigenvalue weighted by Gasteiger charge is -2.10. The van der Waals surface area contributed by atoms with Crippen LogP contribution in [-0.4, -0.2) is 10.5 Å². The van der Waals surface area contributed by atoms with Crippen LogP contribution in [0.15, 0.2) is 54.6 Å². The quantitative estimate of drug-likeness (QED) is 0.464. The Morgan fingerprint density at radius 2 is 1.70 bits per heavy atom. The molecule has 0 atom stereocenters. The summed E-state index contributed by atoms with van der Waals surface area (Å²) in [6.07, 6.45) is 0.934. The summed E-state index contributed by atoms with van der Waals surface area (Å²) in [4.78, 5) is 12.0. The molecular weight excluding hydrogens is 379 g/mol. The van der Waals surface area contributed by atoms with Gasteiger partial charge in [0, 0.05) is 38.4 Å². The molecule has 0 saturated heterocycles. The van der Waals surface area contributed by atoms with Gasteiger partial charge >= 0.3 is 0 Å². The number of aryl methyl sites for hydroxylation is 1. The van der Waals surface area contributed by atoms with Gasteiger partial charge < -0.3 is 10.3 Å². The fraction of sp³-hybridized carbons (Fsp3) is 0.136. The number of hydrogen-bond acceptors (Lipinski definition) is 1. The number of primary amides is 1. The normalized spacial score (nSPS) is 11.4. The largest absolute Gasteiger partial charge is 0.366 e. The molecule has 0 saturated carbocycles. The van der Waals surface area contributed by atoms with Crippen LogP contribution in [0.25, 0.3) is 21.8 Å². The maximum Gasteiger partial charge on any atom is 0.249 e. The summed E-state index contributed by atoms with van der Waals surface area (Å²) < 4.78 is 2.19. The molecule has 0 aliphatic heterocycles. The van der Waals surface area contributed by atoms with E-state index in [2.05, 4.69) is 29.7 Å². The van der Waals surface area contributed by atoms with E-state index in [0.717, 1.165) is 33.8 Å². The van der Waals surface area contributed by atoms with Crippen LogP contribution in [0.2, 0.25) is 10.0 Å². The highest BCUT2D eigenvalue weighted by molar-refractivity contribution is 6.34. The minimum absolute atomic E-state index is 0.426. The number of aromatic nitrogens is 1. The average molecular weight is 397 g/mol. The SMILES string of the molecule is CCc1ccc2c3c(C(N)=O)cccc3n(Cc3cc(Cl)cc(Cl)c3)c2c1. The lowest BCUT2D eigenvalue weighted by Crippen LogP contribution is -2.11. The first-order valence-electron chi connectivity index (χ1n) is 8.76. The molecule has 1 aromatic heterocycles. The van der Waals surface area contributed by atoms with Crippen LogP contribution in [0.5, 0.6) is 0 Å². The third-order valence-electron chi connectivity index (χ3n) is 4.89. The zero-order valence-corrected chi connectivity index (χ0v) is 16.3. The molecular formula is C22H18Cl2N2O. The number of nitrogens with zero attached hydrogens (tertiary/aromatic N) is 1. The molecule has 1 amide bonds. The van der Waals surface area contributed by atoms with Crippen LogP contribution < -0.4 is 5.73 Å². The second-order valence-electron chi connectivity index (χ2n) is 6.63. The number of carbonyl (C=O) groups excluding carboxylic acids is 1. The molecule has 1 heterocycles. The molecule has 0 unspecified atom stereocenters. The van der Waals surface area contributed by atoms with Crippen LogP contribution in [-0.2, 0) is 13.0 Å². The zero-order chi connectivity index (χ0) is 19.1. The van der Waals surface area contributed by atoms with Crippen LogP contribution in [0, 0.1) is 0 Å². The number of rotatable bonds is 4. The van der Waals surface area contributed by atoms with Gasteiger partial charge in [-0.1, -0.05) is 48.3 Å². The van der Waals surface area contributed by atoms with Crippen molar-refractivity contribution in [2.24, 2.45) is 5.73 Å². The molecule has 0 fully saturated rings. The molecule has 3 nitrogen and oxygen atoms in total. The summed E-state index contributed by atoms with van der Waals surface area (Å²) in [7, 11) is 0. The lowest BCUT2D eigenvalue weighted by atomic mass is 10.0. The van der Waals surface area contributed by atoms with Crippen LogP contribution in [0.4, 0.5) is 0 Å². The van der Waals surface area contributed by atoms with E-state index >= 15 is 0 Å². The van der Waals surface area contributed by atoms with Crippen LogP contribution in [0.3, 0.4) is 0 Å². The molecule has 0 spiro atoms. The van der Waals surface area contributed by atoms with Gasteiger partial charge in [0.1, 0.15) is 0 Å². The minimum atomic E-state index is -0.426. The van der Waals surface area contributed by atoms with Crippen molar-refractivity contribution < 1.29 is 4.79 Å². The number of fused-ring (bicyclic) bond motifs is 3. The van der Waals surface area contributed by atoms with Gasteiger partial charge in [0.25, 0.3) is 0 Å². The number of amides is 1. The summed E-state index contributed by atoms with van der Waals surface area (Å²) in [5, 5.41) is 3.11. The van der Waals surface area contributed by atoms with Crippen molar-refractivity contribution in [1.82, 2.24) is 4.57 Å². The summed E-state index contributed by atoms with van der Waals surface area (Å²) in [6.45, 7) is 2.72. The van der Waals surface area contributed by atoms with Gasteiger partial charge in [-0.05, 0) is 53.9 Å². The van der Waals surface area contributed by atoms with E-state index in [1.165, 1.54) is 5.56 Å². The second kappa shape index (κ2) is 6.91. The van der Waals surface area contributed by atoms with Crippen LogP contribution in [0.1, 0.15) is 28.4 Å². The van der Waals surface area contributed by atoms with Gasteiger partial charge in [-0.3, -0.25) is 4.79 Å². The molecule has 5 heteroatoms. The Labute approximate surface area is 167 Å². The molecule has 0 aliphatic carbocycles. The lowest BCUT2D eigenvalue weighted by molar-refractivity contribution is 0.100. The van der Waals surface area contributed by atoms with E-state index in [1.54, 1.807) is 12.1 Å². The van der Waals surface area contributed by atoms with Crippen molar-refractivity contribution in [3.63, 3.8) is 0 Å². The van der Waals surface area contributed by atoms with Crippen molar-refractivity contribution in [3.05, 3.63) is 81.3 Å². The van der Waals surface area contributed by atoms with Crippen molar-refractivity contribution in [1.29, 1.82) is 0 Å². The average Bonchev–Trinajstić information content (AvgIpc) is 2.94. The monoisotopic (exact) mass is 396 g/mol. The Hall–Kier alpha value is -2.49. The van der Waals surface area contributed by atoms with Gasteiger partial charge in [-0.2, -0.15) is 0 Å². The highest BCUT2D eigenvalue weighted by Crippen LogP contribution is 2.33. The molecule has 4 rings (SSSR count). The Balaban J connectivity index is 2.04. The van der Waals surface area contributed by atoms with Crippen molar-refractivity contribution in [2.45, 2.75) is 19.9 Å². The van der Waals surface area contributed by atoms with E-state index in [4.69, 9.17) is 28.9 Å². The Morgan fingerprint density at radius 3 is 2.37 bits per heavy atom. The second-order valence-corrected chi connectivity index (χ2v) is 7.51. The van der Waals surface area contributed by atoms with Crippen molar-refractivity contribution >= 4 is 50.9 Å². The summed E-state index contributed by atoms with van der Waals surface area (Å²) >= 11 is 12.4. The number of carbonyl (C=O) groups is 1. The van der Waals surface area contributed by atoms with E-state index in [0.29, 0.717) is 22.2 Å². The van der Waals surface area contributed by atoms with Gasteiger partial charge in [0.2, 0.25) is 5.91 Å².